The third kappa shape index (κ3) is 5.43. The Bertz CT molecular complexity index is 1060. The maximum absolute atomic E-state index is 13.5. The largest absolute Gasteiger partial charge is 0.389 e. The number of carbonyl (C=O) groups is 2. The standard InChI is InChI=1S/C17H16FN7O5/c18-12-4-2-1-3-11(12)9-15(26)19-6-7-20-16(27)17-21-13(23-30-17)10-24-8-5-14(22-24)25(28)29/h1-5,8H,6-7,9-10H2,(H,19,26)(H,20,27). The first-order valence-corrected chi connectivity index (χ1v) is 8.71. The molecule has 1 aromatic carbocycles. The minimum Gasteiger partial charge on any atom is -0.358 e. The summed E-state index contributed by atoms with van der Waals surface area (Å²) in [6.45, 7) is 0.193. The Morgan fingerprint density at radius 2 is 1.97 bits per heavy atom. The van der Waals surface area contributed by atoms with Crippen molar-refractivity contribution in [3.05, 3.63) is 69.7 Å². The summed E-state index contributed by atoms with van der Waals surface area (Å²) < 4.78 is 19.6. The van der Waals surface area contributed by atoms with Crippen molar-refractivity contribution in [3.8, 4) is 0 Å². The van der Waals surface area contributed by atoms with Gasteiger partial charge >= 0.3 is 17.6 Å². The molecule has 3 rings (SSSR count). The number of nitro groups is 1. The number of amides is 2. The van der Waals surface area contributed by atoms with Crippen LogP contribution in [0.5, 0.6) is 0 Å². The predicted octanol–water partition coefficient (Wildman–Crippen LogP) is 0.450. The number of nitrogens with zero attached hydrogens (tertiary/aromatic N) is 5. The van der Waals surface area contributed by atoms with E-state index in [1.54, 1.807) is 6.07 Å². The molecule has 2 heterocycles. The van der Waals surface area contributed by atoms with Crippen molar-refractivity contribution in [2.75, 3.05) is 13.1 Å². The van der Waals surface area contributed by atoms with Gasteiger partial charge in [-0.1, -0.05) is 23.4 Å². The summed E-state index contributed by atoms with van der Waals surface area (Å²) in [6, 6.07) is 7.18. The van der Waals surface area contributed by atoms with E-state index >= 15 is 0 Å². The zero-order valence-corrected chi connectivity index (χ0v) is 15.4. The summed E-state index contributed by atoms with van der Waals surface area (Å²) in [5.74, 6) is -2.02. The lowest BCUT2D eigenvalue weighted by Crippen LogP contribution is -2.35. The molecule has 13 heteroatoms. The van der Waals surface area contributed by atoms with Crippen molar-refractivity contribution in [3.63, 3.8) is 0 Å². The predicted molar refractivity (Wildman–Crippen MR) is 97.7 cm³/mol. The highest BCUT2D eigenvalue weighted by Crippen LogP contribution is 2.08. The number of hydrogen-bond donors (Lipinski definition) is 2. The molecule has 0 aliphatic rings. The van der Waals surface area contributed by atoms with E-state index in [1.165, 1.54) is 35.1 Å². The molecule has 0 spiro atoms. The lowest BCUT2D eigenvalue weighted by molar-refractivity contribution is -0.389. The van der Waals surface area contributed by atoms with Crippen LogP contribution in [-0.4, -0.2) is 49.7 Å². The molecule has 156 valence electrons. The summed E-state index contributed by atoms with van der Waals surface area (Å²) in [6.07, 6.45) is 1.26. The van der Waals surface area contributed by atoms with E-state index in [0.29, 0.717) is 0 Å². The minimum atomic E-state index is -0.649. The normalized spacial score (nSPS) is 10.6. The van der Waals surface area contributed by atoms with Gasteiger partial charge in [0.2, 0.25) is 5.91 Å². The Morgan fingerprint density at radius 3 is 2.70 bits per heavy atom. The van der Waals surface area contributed by atoms with Gasteiger partial charge in [-0.25, -0.2) is 4.39 Å². The smallest absolute Gasteiger partial charge is 0.358 e. The lowest BCUT2D eigenvalue weighted by atomic mass is 10.1. The van der Waals surface area contributed by atoms with Gasteiger partial charge in [0.05, 0.1) is 23.8 Å². The van der Waals surface area contributed by atoms with Crippen LogP contribution in [0.4, 0.5) is 10.2 Å². The fraction of sp³-hybridized carbons (Fsp3) is 0.235. The average molecular weight is 417 g/mol. The van der Waals surface area contributed by atoms with Gasteiger partial charge in [-0.05, 0) is 16.6 Å². The highest BCUT2D eigenvalue weighted by Gasteiger charge is 2.17. The fourth-order valence-corrected chi connectivity index (χ4v) is 2.42. The van der Waals surface area contributed by atoms with Gasteiger partial charge in [-0.3, -0.25) is 9.59 Å². The average Bonchev–Trinajstić information content (AvgIpc) is 3.37. The van der Waals surface area contributed by atoms with Crippen LogP contribution in [0.3, 0.4) is 0 Å². The van der Waals surface area contributed by atoms with Crippen LogP contribution in [0.1, 0.15) is 22.1 Å². The van der Waals surface area contributed by atoms with E-state index < -0.39 is 16.6 Å². The number of benzene rings is 1. The Balaban J connectivity index is 1.41. The van der Waals surface area contributed by atoms with Crippen molar-refractivity contribution < 1.29 is 23.4 Å². The van der Waals surface area contributed by atoms with Crippen LogP contribution in [0.25, 0.3) is 0 Å². The summed E-state index contributed by atoms with van der Waals surface area (Å²) in [5, 5.41) is 23.0. The second-order valence-electron chi connectivity index (χ2n) is 6.02. The number of rotatable bonds is 9. The highest BCUT2D eigenvalue weighted by molar-refractivity contribution is 5.89. The van der Waals surface area contributed by atoms with Crippen molar-refractivity contribution in [2.45, 2.75) is 13.0 Å². The van der Waals surface area contributed by atoms with Gasteiger partial charge in [-0.15, -0.1) is 0 Å². The van der Waals surface area contributed by atoms with Gasteiger partial charge in [0.15, 0.2) is 5.82 Å². The molecule has 0 saturated heterocycles. The Labute approximate surface area is 168 Å². The maximum atomic E-state index is 13.5. The van der Waals surface area contributed by atoms with Crippen molar-refractivity contribution in [1.82, 2.24) is 30.6 Å². The number of halogens is 1. The molecule has 30 heavy (non-hydrogen) atoms. The Morgan fingerprint density at radius 1 is 1.20 bits per heavy atom. The zero-order valence-electron chi connectivity index (χ0n) is 15.4. The third-order valence-electron chi connectivity index (χ3n) is 3.82. The van der Waals surface area contributed by atoms with Gasteiger partial charge in [0.1, 0.15) is 12.4 Å². The van der Waals surface area contributed by atoms with E-state index in [4.69, 9.17) is 4.52 Å². The summed E-state index contributed by atoms with van der Waals surface area (Å²) >= 11 is 0. The number of hydrogen-bond acceptors (Lipinski definition) is 8. The van der Waals surface area contributed by atoms with E-state index in [-0.39, 0.29) is 55.1 Å². The van der Waals surface area contributed by atoms with Crippen LogP contribution >= 0.6 is 0 Å². The van der Waals surface area contributed by atoms with E-state index in [9.17, 15) is 24.1 Å². The first kappa shape index (κ1) is 20.6. The molecule has 0 saturated carbocycles. The molecule has 0 atom stereocenters. The molecule has 12 nitrogen and oxygen atoms in total. The topological polar surface area (TPSA) is 158 Å². The van der Waals surface area contributed by atoms with Gasteiger partial charge in [0, 0.05) is 13.1 Å². The molecule has 0 aliphatic heterocycles. The molecule has 2 amide bonds. The van der Waals surface area contributed by atoms with Crippen LogP contribution < -0.4 is 10.6 Å². The first-order valence-electron chi connectivity index (χ1n) is 8.71. The van der Waals surface area contributed by atoms with Crippen molar-refractivity contribution >= 4 is 17.6 Å². The summed E-state index contributed by atoms with van der Waals surface area (Å²) in [7, 11) is 0. The molecular weight excluding hydrogens is 401 g/mol. The van der Waals surface area contributed by atoms with Gasteiger partial charge in [0.25, 0.3) is 0 Å². The van der Waals surface area contributed by atoms with Crippen molar-refractivity contribution in [2.24, 2.45) is 0 Å². The Kier molecular flexibility index (Phi) is 6.42. The van der Waals surface area contributed by atoms with Crippen LogP contribution in [-0.2, 0) is 17.8 Å². The molecule has 2 aromatic heterocycles. The third-order valence-corrected chi connectivity index (χ3v) is 3.82. The molecule has 0 bridgehead atoms. The molecule has 0 radical (unpaired) electrons. The number of aromatic nitrogens is 4. The van der Waals surface area contributed by atoms with Gasteiger partial charge in [-0.2, -0.15) is 9.67 Å². The molecule has 3 aromatic rings. The quantitative estimate of drug-likeness (QED) is 0.288. The minimum absolute atomic E-state index is 0.0171. The van der Waals surface area contributed by atoms with E-state index in [2.05, 4.69) is 25.9 Å². The summed E-state index contributed by atoms with van der Waals surface area (Å²) in [4.78, 5) is 37.7. The summed E-state index contributed by atoms with van der Waals surface area (Å²) in [5.41, 5.74) is 0.278. The Hall–Kier alpha value is -4.16. The van der Waals surface area contributed by atoms with Crippen LogP contribution in [0.15, 0.2) is 41.1 Å². The number of carbonyl (C=O) groups excluding carboxylic acids is 2. The fourth-order valence-electron chi connectivity index (χ4n) is 2.42. The second kappa shape index (κ2) is 9.36. The molecule has 0 fully saturated rings. The van der Waals surface area contributed by atoms with Crippen LogP contribution in [0.2, 0.25) is 0 Å². The first-order chi connectivity index (χ1) is 14.4. The van der Waals surface area contributed by atoms with Gasteiger partial charge < -0.3 is 25.3 Å². The molecular formula is C17H16FN7O5. The van der Waals surface area contributed by atoms with Crippen molar-refractivity contribution in [1.29, 1.82) is 0 Å². The number of nitrogens with one attached hydrogen (secondary N) is 2. The maximum Gasteiger partial charge on any atom is 0.389 e. The SMILES string of the molecule is O=C(Cc1ccccc1F)NCCNC(=O)c1nc(Cn2ccc([N+](=O)[O-])n2)no1. The monoisotopic (exact) mass is 417 g/mol. The highest BCUT2D eigenvalue weighted by atomic mass is 19.1. The van der Waals surface area contributed by atoms with E-state index in [1.807, 2.05) is 0 Å². The van der Waals surface area contributed by atoms with E-state index in [0.717, 1.165) is 0 Å². The molecule has 0 aliphatic carbocycles. The molecule has 2 N–H and O–H groups in total. The molecule has 0 unspecified atom stereocenters. The zero-order chi connectivity index (χ0) is 21.5. The second-order valence-corrected chi connectivity index (χ2v) is 6.02. The lowest BCUT2D eigenvalue weighted by Gasteiger charge is -2.06. The van der Waals surface area contributed by atoms with Crippen LogP contribution in [0, 0.1) is 15.9 Å².